The fourth-order valence-electron chi connectivity index (χ4n) is 2.99. The third-order valence-corrected chi connectivity index (χ3v) is 5.15. The molecule has 0 aromatic heterocycles. The third kappa shape index (κ3) is 5.70. The van der Waals surface area contributed by atoms with Crippen LogP contribution in [-0.2, 0) is 24.0 Å². The first kappa shape index (κ1) is 21.6. The Hall–Kier alpha value is -2.12. The van der Waals surface area contributed by atoms with Crippen LogP contribution in [0.4, 0.5) is 18.9 Å². The molecule has 1 fully saturated rings. The van der Waals surface area contributed by atoms with Crippen LogP contribution < -0.4 is 10.1 Å². The van der Waals surface area contributed by atoms with Gasteiger partial charge < -0.3 is 15.2 Å². The lowest BCUT2D eigenvalue weighted by atomic mass is 9.93. The van der Waals surface area contributed by atoms with Gasteiger partial charge in [0.05, 0.1) is 22.0 Å². The van der Waals surface area contributed by atoms with Crippen molar-refractivity contribution in [2.45, 2.75) is 44.5 Å². The van der Waals surface area contributed by atoms with E-state index in [-0.39, 0.29) is 34.9 Å². The predicted octanol–water partition coefficient (Wildman–Crippen LogP) is 6.18. The Morgan fingerprint density at radius 3 is 2.28 bits per heavy atom. The van der Waals surface area contributed by atoms with Gasteiger partial charge in [-0.3, -0.25) is 4.79 Å². The first-order valence-corrected chi connectivity index (χ1v) is 9.67. The van der Waals surface area contributed by atoms with E-state index in [1.165, 1.54) is 12.1 Å². The number of anilines is 1. The number of hydrogen-bond acceptors (Lipinski definition) is 3. The first-order chi connectivity index (χ1) is 13.6. The summed E-state index contributed by atoms with van der Waals surface area (Å²) in [7, 11) is 0. The molecule has 0 unspecified atom stereocenters. The monoisotopic (exact) mass is 447 g/mol. The average Bonchev–Trinajstić information content (AvgIpc) is 2.56. The van der Waals surface area contributed by atoms with Crippen LogP contribution in [-0.4, -0.2) is 17.1 Å². The van der Waals surface area contributed by atoms with Crippen LogP contribution in [0.2, 0.25) is 10.0 Å². The number of carbonyl (C=O) groups is 1. The second-order valence-electron chi connectivity index (χ2n) is 6.94. The van der Waals surface area contributed by atoms with E-state index in [1.807, 2.05) is 0 Å². The number of benzene rings is 2. The molecule has 0 radical (unpaired) electrons. The van der Waals surface area contributed by atoms with E-state index in [4.69, 9.17) is 33.0 Å². The van der Waals surface area contributed by atoms with Crippen LogP contribution in [0.1, 0.15) is 36.0 Å². The summed E-state index contributed by atoms with van der Waals surface area (Å²) in [6, 6.07) is 6.71. The molecule has 0 spiro atoms. The van der Waals surface area contributed by atoms with Crippen LogP contribution in [0, 0.1) is 0 Å². The number of hydrogen-bond donors (Lipinski definition) is 2. The molecule has 1 saturated carbocycles. The van der Waals surface area contributed by atoms with Gasteiger partial charge in [-0.05, 0) is 60.7 Å². The van der Waals surface area contributed by atoms with Gasteiger partial charge in [0.15, 0.2) is 5.75 Å². The molecule has 2 aromatic carbocycles. The zero-order chi connectivity index (χ0) is 21.2. The maximum atomic E-state index is 13.3. The van der Waals surface area contributed by atoms with Crippen LogP contribution in [0.25, 0.3) is 0 Å². The number of aliphatic carboxylic acids is 1. The van der Waals surface area contributed by atoms with Crippen molar-refractivity contribution < 1.29 is 27.8 Å². The summed E-state index contributed by atoms with van der Waals surface area (Å²) in [6.45, 7) is -0.180. The van der Waals surface area contributed by atoms with E-state index in [9.17, 15) is 18.0 Å². The van der Waals surface area contributed by atoms with Gasteiger partial charge in [-0.1, -0.05) is 23.2 Å². The maximum Gasteiger partial charge on any atom is 0.416 e. The average molecular weight is 448 g/mol. The summed E-state index contributed by atoms with van der Waals surface area (Å²) in [5.41, 5.74) is 0.320. The van der Waals surface area contributed by atoms with Gasteiger partial charge in [-0.2, -0.15) is 13.2 Å². The zero-order valence-corrected chi connectivity index (χ0v) is 16.7. The summed E-state index contributed by atoms with van der Waals surface area (Å²) >= 11 is 12.2. The highest BCUT2D eigenvalue weighted by atomic mass is 35.5. The quantitative estimate of drug-likeness (QED) is 0.531. The van der Waals surface area contributed by atoms with Crippen molar-refractivity contribution in [3.8, 4) is 5.75 Å². The van der Waals surface area contributed by atoms with E-state index >= 15 is 0 Å². The summed E-state index contributed by atoms with van der Waals surface area (Å²) in [4.78, 5) is 10.8. The Bertz CT molecular complexity index is 891. The lowest BCUT2D eigenvalue weighted by Gasteiger charge is -2.28. The normalized spacial score (nSPS) is 14.4. The molecule has 29 heavy (non-hydrogen) atoms. The molecular formula is C20H18Cl2F3NO3. The highest BCUT2D eigenvalue weighted by Gasteiger charge is 2.31. The third-order valence-electron chi connectivity index (χ3n) is 4.59. The summed E-state index contributed by atoms with van der Waals surface area (Å²) < 4.78 is 45.4. The molecule has 1 aliphatic rings. The Balaban J connectivity index is 1.80. The minimum Gasteiger partial charge on any atom is -0.486 e. The first-order valence-electron chi connectivity index (χ1n) is 8.92. The molecule has 0 saturated heterocycles. The Kier molecular flexibility index (Phi) is 6.49. The second kappa shape index (κ2) is 8.71. The fourth-order valence-corrected chi connectivity index (χ4v) is 3.63. The molecule has 0 amide bonds. The van der Waals surface area contributed by atoms with Crippen LogP contribution in [0.5, 0.6) is 5.75 Å². The van der Waals surface area contributed by atoms with Crippen molar-refractivity contribution in [1.29, 1.82) is 0 Å². The van der Waals surface area contributed by atoms with Gasteiger partial charge in [0.2, 0.25) is 0 Å². The van der Waals surface area contributed by atoms with E-state index in [2.05, 4.69) is 5.32 Å². The fraction of sp³-hybridized carbons (Fsp3) is 0.350. The molecule has 3 rings (SSSR count). The van der Waals surface area contributed by atoms with E-state index in [1.54, 1.807) is 6.07 Å². The Labute approximate surface area is 175 Å². The lowest BCUT2D eigenvalue weighted by molar-refractivity contribution is -0.138. The minimum absolute atomic E-state index is 0.0911. The van der Waals surface area contributed by atoms with Crippen molar-refractivity contribution >= 4 is 34.9 Å². The van der Waals surface area contributed by atoms with Gasteiger partial charge >= 0.3 is 12.1 Å². The number of ether oxygens (including phenoxy) is 1. The molecule has 4 nitrogen and oxygen atoms in total. The largest absolute Gasteiger partial charge is 0.486 e. The highest BCUT2D eigenvalue weighted by Crippen LogP contribution is 2.37. The standard InChI is InChI=1S/C20H18Cl2F3NO3/c21-16-6-11(8-18(27)28)7-17(22)19(16)29-10-12-4-13(20(23,24)25)9-15(5-12)26-14-2-1-3-14/h4-7,9,14,26H,1-3,8,10H2,(H,27,28). The number of rotatable bonds is 7. The molecule has 0 atom stereocenters. The Morgan fingerprint density at radius 2 is 1.76 bits per heavy atom. The van der Waals surface area contributed by atoms with Crippen molar-refractivity contribution in [2.75, 3.05) is 5.32 Å². The van der Waals surface area contributed by atoms with E-state index in [0.29, 0.717) is 16.8 Å². The number of halogens is 5. The second-order valence-corrected chi connectivity index (χ2v) is 7.75. The SMILES string of the molecule is O=C(O)Cc1cc(Cl)c(OCc2cc(NC3CCC3)cc(C(F)(F)F)c2)c(Cl)c1. The van der Waals surface area contributed by atoms with Crippen LogP contribution >= 0.6 is 23.2 Å². The van der Waals surface area contributed by atoms with Gasteiger partial charge in [0.25, 0.3) is 0 Å². The molecule has 156 valence electrons. The smallest absolute Gasteiger partial charge is 0.416 e. The molecule has 9 heteroatoms. The van der Waals surface area contributed by atoms with Crippen molar-refractivity contribution in [1.82, 2.24) is 0 Å². The number of nitrogens with one attached hydrogen (secondary N) is 1. The molecule has 1 aliphatic carbocycles. The predicted molar refractivity (Wildman–Crippen MR) is 105 cm³/mol. The van der Waals surface area contributed by atoms with Crippen molar-refractivity contribution in [3.63, 3.8) is 0 Å². The Morgan fingerprint density at radius 1 is 1.10 bits per heavy atom. The summed E-state index contributed by atoms with van der Waals surface area (Å²) in [5, 5.41) is 12.2. The van der Waals surface area contributed by atoms with Crippen LogP contribution in [0.15, 0.2) is 30.3 Å². The highest BCUT2D eigenvalue weighted by molar-refractivity contribution is 6.37. The number of carboxylic acid groups (broad SMARTS) is 1. The van der Waals surface area contributed by atoms with Crippen LogP contribution in [0.3, 0.4) is 0 Å². The van der Waals surface area contributed by atoms with Gasteiger partial charge in [0, 0.05) is 11.7 Å². The van der Waals surface area contributed by atoms with Gasteiger partial charge in [0.1, 0.15) is 6.61 Å². The van der Waals surface area contributed by atoms with Gasteiger partial charge in [-0.15, -0.1) is 0 Å². The topological polar surface area (TPSA) is 58.6 Å². The maximum absolute atomic E-state index is 13.3. The van der Waals surface area contributed by atoms with Gasteiger partial charge in [-0.25, -0.2) is 0 Å². The minimum atomic E-state index is -4.49. The molecule has 2 aromatic rings. The summed E-state index contributed by atoms with van der Waals surface area (Å²) in [6.07, 6.45) is -1.84. The molecule has 2 N–H and O–H groups in total. The van der Waals surface area contributed by atoms with Crippen molar-refractivity contribution in [2.24, 2.45) is 0 Å². The van der Waals surface area contributed by atoms with E-state index < -0.39 is 17.7 Å². The molecule has 0 aliphatic heterocycles. The molecular weight excluding hydrogens is 430 g/mol. The number of alkyl halides is 3. The summed E-state index contributed by atoms with van der Waals surface area (Å²) in [5.74, 6) is -0.949. The van der Waals surface area contributed by atoms with Crippen molar-refractivity contribution in [3.05, 3.63) is 57.1 Å². The number of carboxylic acids is 1. The molecule has 0 bridgehead atoms. The lowest BCUT2D eigenvalue weighted by Crippen LogP contribution is -2.27. The zero-order valence-electron chi connectivity index (χ0n) is 15.2. The molecule has 0 heterocycles. The van der Waals surface area contributed by atoms with E-state index in [0.717, 1.165) is 31.4 Å².